The van der Waals surface area contributed by atoms with Crippen LogP contribution in [0.4, 0.5) is 0 Å². The van der Waals surface area contributed by atoms with E-state index in [0.717, 1.165) is 22.2 Å². The van der Waals surface area contributed by atoms with Crippen molar-refractivity contribution in [2.45, 2.75) is 12.8 Å². The fourth-order valence-electron chi connectivity index (χ4n) is 2.25. The molecule has 5 nitrogen and oxygen atoms in total. The molecule has 0 aliphatic rings. The maximum atomic E-state index is 10.7. The maximum Gasteiger partial charge on any atom is 0.303 e. The summed E-state index contributed by atoms with van der Waals surface area (Å²) in [6, 6.07) is 3.73. The van der Waals surface area contributed by atoms with Crippen molar-refractivity contribution in [2.75, 3.05) is 14.2 Å². The lowest BCUT2D eigenvalue weighted by molar-refractivity contribution is -0.136. The Morgan fingerprint density at radius 1 is 1.32 bits per heavy atom. The van der Waals surface area contributed by atoms with Crippen LogP contribution in [-0.4, -0.2) is 29.9 Å². The molecule has 0 bridgehead atoms. The highest BCUT2D eigenvalue weighted by molar-refractivity contribution is 5.91. The standard InChI is InChI=1S/C14H17NO4/c1-15-8-9(4-5-13(16)17)14-11(15)6-10(18-2)7-12(14)19-3/h6-8H,4-5H2,1-3H3,(H,16,17). The molecule has 0 radical (unpaired) electrons. The molecule has 0 unspecified atom stereocenters. The van der Waals surface area contributed by atoms with Crippen LogP contribution in [0.3, 0.4) is 0 Å². The van der Waals surface area contributed by atoms with E-state index in [0.29, 0.717) is 12.2 Å². The summed E-state index contributed by atoms with van der Waals surface area (Å²) < 4.78 is 12.6. The number of aromatic nitrogens is 1. The summed E-state index contributed by atoms with van der Waals surface area (Å²) in [6.45, 7) is 0. The van der Waals surface area contributed by atoms with Crippen molar-refractivity contribution in [1.29, 1.82) is 0 Å². The monoisotopic (exact) mass is 263 g/mol. The number of ether oxygens (including phenoxy) is 2. The number of methoxy groups -OCH3 is 2. The molecule has 2 aromatic rings. The van der Waals surface area contributed by atoms with E-state index < -0.39 is 5.97 Å². The second-order valence-corrected chi connectivity index (χ2v) is 4.38. The lowest BCUT2D eigenvalue weighted by Gasteiger charge is -2.08. The third kappa shape index (κ3) is 2.50. The van der Waals surface area contributed by atoms with Crippen LogP contribution >= 0.6 is 0 Å². The van der Waals surface area contributed by atoms with Crippen LogP contribution in [0.1, 0.15) is 12.0 Å². The molecule has 19 heavy (non-hydrogen) atoms. The Kier molecular flexibility index (Phi) is 3.64. The van der Waals surface area contributed by atoms with Crippen molar-refractivity contribution in [3.8, 4) is 11.5 Å². The number of hydrogen-bond acceptors (Lipinski definition) is 3. The van der Waals surface area contributed by atoms with E-state index in [-0.39, 0.29) is 6.42 Å². The molecular weight excluding hydrogens is 246 g/mol. The topological polar surface area (TPSA) is 60.7 Å². The molecule has 0 saturated carbocycles. The van der Waals surface area contributed by atoms with Crippen LogP contribution in [0.15, 0.2) is 18.3 Å². The van der Waals surface area contributed by atoms with E-state index >= 15 is 0 Å². The minimum absolute atomic E-state index is 0.105. The summed E-state index contributed by atoms with van der Waals surface area (Å²) in [5.41, 5.74) is 1.94. The molecule has 0 amide bonds. The number of carboxylic acid groups (broad SMARTS) is 1. The highest BCUT2D eigenvalue weighted by atomic mass is 16.5. The van der Waals surface area contributed by atoms with Gasteiger partial charge in [-0.2, -0.15) is 0 Å². The summed E-state index contributed by atoms with van der Waals surface area (Å²) in [5.74, 6) is 0.621. The van der Waals surface area contributed by atoms with Gasteiger partial charge < -0.3 is 19.1 Å². The van der Waals surface area contributed by atoms with Crippen molar-refractivity contribution in [3.63, 3.8) is 0 Å². The molecule has 0 aliphatic carbocycles. The fourth-order valence-corrected chi connectivity index (χ4v) is 2.25. The minimum Gasteiger partial charge on any atom is -0.497 e. The molecule has 2 rings (SSSR count). The molecule has 1 aromatic heterocycles. The Morgan fingerprint density at radius 3 is 2.63 bits per heavy atom. The largest absolute Gasteiger partial charge is 0.497 e. The van der Waals surface area contributed by atoms with E-state index in [9.17, 15) is 4.79 Å². The van der Waals surface area contributed by atoms with Gasteiger partial charge in [0.05, 0.1) is 19.7 Å². The Balaban J connectivity index is 2.57. The highest BCUT2D eigenvalue weighted by Crippen LogP contribution is 2.35. The zero-order chi connectivity index (χ0) is 14.0. The van der Waals surface area contributed by atoms with Gasteiger partial charge in [0.1, 0.15) is 11.5 Å². The first kappa shape index (κ1) is 13.3. The van der Waals surface area contributed by atoms with Gasteiger partial charge in [-0.05, 0) is 12.0 Å². The molecule has 0 atom stereocenters. The number of carbonyl (C=O) groups is 1. The van der Waals surface area contributed by atoms with E-state index in [1.54, 1.807) is 14.2 Å². The molecule has 0 aliphatic heterocycles. The first-order valence-electron chi connectivity index (χ1n) is 5.98. The summed E-state index contributed by atoms with van der Waals surface area (Å²) in [4.78, 5) is 10.7. The van der Waals surface area contributed by atoms with Crippen LogP contribution < -0.4 is 9.47 Å². The Bertz CT molecular complexity index is 615. The van der Waals surface area contributed by atoms with Gasteiger partial charge in [0.15, 0.2) is 0 Å². The lowest BCUT2D eigenvalue weighted by Crippen LogP contribution is -1.97. The number of fused-ring (bicyclic) bond motifs is 1. The Morgan fingerprint density at radius 2 is 2.05 bits per heavy atom. The number of benzene rings is 1. The van der Waals surface area contributed by atoms with Gasteiger partial charge >= 0.3 is 5.97 Å². The molecule has 1 heterocycles. The number of rotatable bonds is 5. The number of aryl methyl sites for hydroxylation is 2. The van der Waals surface area contributed by atoms with Crippen LogP contribution in [-0.2, 0) is 18.3 Å². The Labute approximate surface area is 111 Å². The predicted molar refractivity (Wildman–Crippen MR) is 72.0 cm³/mol. The normalized spacial score (nSPS) is 10.7. The van der Waals surface area contributed by atoms with Crippen LogP contribution in [0, 0.1) is 0 Å². The van der Waals surface area contributed by atoms with Crippen molar-refractivity contribution in [1.82, 2.24) is 4.57 Å². The van der Waals surface area contributed by atoms with Gasteiger partial charge in [-0.15, -0.1) is 0 Å². The number of carboxylic acids is 1. The average Bonchev–Trinajstić information content (AvgIpc) is 2.72. The zero-order valence-electron chi connectivity index (χ0n) is 11.3. The maximum absolute atomic E-state index is 10.7. The SMILES string of the molecule is COc1cc(OC)c2c(CCC(=O)O)cn(C)c2c1. The number of nitrogens with zero attached hydrogens (tertiary/aromatic N) is 1. The van der Waals surface area contributed by atoms with Gasteiger partial charge in [0.25, 0.3) is 0 Å². The van der Waals surface area contributed by atoms with E-state index in [1.165, 1.54) is 0 Å². The molecule has 1 aromatic carbocycles. The lowest BCUT2D eigenvalue weighted by atomic mass is 10.1. The van der Waals surface area contributed by atoms with Crippen molar-refractivity contribution < 1.29 is 19.4 Å². The van der Waals surface area contributed by atoms with Crippen LogP contribution in [0.25, 0.3) is 10.9 Å². The second-order valence-electron chi connectivity index (χ2n) is 4.38. The Hall–Kier alpha value is -2.17. The number of hydrogen-bond donors (Lipinski definition) is 1. The zero-order valence-corrected chi connectivity index (χ0v) is 11.3. The van der Waals surface area contributed by atoms with Crippen LogP contribution in [0.2, 0.25) is 0 Å². The smallest absolute Gasteiger partial charge is 0.303 e. The third-order valence-corrected chi connectivity index (χ3v) is 3.17. The van der Waals surface area contributed by atoms with E-state index in [1.807, 2.05) is 29.9 Å². The average molecular weight is 263 g/mol. The van der Waals surface area contributed by atoms with Crippen molar-refractivity contribution in [2.24, 2.45) is 7.05 Å². The minimum atomic E-state index is -0.801. The van der Waals surface area contributed by atoms with Crippen molar-refractivity contribution in [3.05, 3.63) is 23.9 Å². The fraction of sp³-hybridized carbons (Fsp3) is 0.357. The molecule has 0 saturated heterocycles. The molecule has 5 heteroatoms. The van der Waals surface area contributed by atoms with Gasteiger partial charge in [-0.25, -0.2) is 0 Å². The van der Waals surface area contributed by atoms with E-state index in [2.05, 4.69) is 0 Å². The highest BCUT2D eigenvalue weighted by Gasteiger charge is 2.14. The second kappa shape index (κ2) is 5.22. The summed E-state index contributed by atoms with van der Waals surface area (Å²) in [6.07, 6.45) is 2.53. The molecule has 0 fully saturated rings. The van der Waals surface area contributed by atoms with Gasteiger partial charge in [-0.3, -0.25) is 4.79 Å². The predicted octanol–water partition coefficient (Wildman–Crippen LogP) is 2.21. The quantitative estimate of drug-likeness (QED) is 0.898. The first-order valence-corrected chi connectivity index (χ1v) is 5.98. The molecular formula is C14H17NO4. The molecule has 1 N–H and O–H groups in total. The molecule has 102 valence electrons. The number of aliphatic carboxylic acids is 1. The molecule has 0 spiro atoms. The third-order valence-electron chi connectivity index (χ3n) is 3.17. The van der Waals surface area contributed by atoms with Crippen molar-refractivity contribution >= 4 is 16.9 Å². The summed E-state index contributed by atoms with van der Waals surface area (Å²) >= 11 is 0. The van der Waals surface area contributed by atoms with Crippen LogP contribution in [0.5, 0.6) is 11.5 Å². The summed E-state index contributed by atoms with van der Waals surface area (Å²) in [7, 11) is 5.13. The summed E-state index contributed by atoms with van der Waals surface area (Å²) in [5, 5.41) is 9.76. The van der Waals surface area contributed by atoms with Gasteiger partial charge in [0, 0.05) is 37.2 Å². The first-order chi connectivity index (χ1) is 9.06. The van der Waals surface area contributed by atoms with Gasteiger partial charge in [0.2, 0.25) is 0 Å². The van der Waals surface area contributed by atoms with E-state index in [4.69, 9.17) is 14.6 Å². The van der Waals surface area contributed by atoms with Gasteiger partial charge in [-0.1, -0.05) is 0 Å².